The highest BCUT2D eigenvalue weighted by Crippen LogP contribution is 2.41. The second-order valence-corrected chi connectivity index (χ2v) is 10.5. The van der Waals surface area contributed by atoms with Crippen LogP contribution >= 0.6 is 0 Å². The molecule has 0 unspecified atom stereocenters. The number of fused-ring (bicyclic) bond motifs is 7. The number of benzene rings is 6. The second-order valence-electron chi connectivity index (χ2n) is 10.5. The van der Waals surface area contributed by atoms with Crippen molar-refractivity contribution in [2.45, 2.75) is 0 Å². The number of ether oxygens (including phenoxy) is 1. The van der Waals surface area contributed by atoms with Crippen molar-refractivity contribution in [2.24, 2.45) is 0 Å². The highest BCUT2D eigenvalue weighted by Gasteiger charge is 2.40. The van der Waals surface area contributed by atoms with Gasteiger partial charge in [0.2, 0.25) is 0 Å². The van der Waals surface area contributed by atoms with Crippen molar-refractivity contribution < 1.29 is 9.39 Å². The molecule has 0 saturated carbocycles. The molecule has 186 valence electrons. The van der Waals surface area contributed by atoms with Crippen molar-refractivity contribution in [3.8, 4) is 45.2 Å². The molecular weight excluding hydrogens is 489 g/mol. The summed E-state index contributed by atoms with van der Waals surface area (Å²) < 4.78 is 15.7. The molecule has 0 radical (unpaired) electrons. The molecule has 2 aliphatic rings. The zero-order valence-electron chi connectivity index (χ0n) is 21.5. The lowest BCUT2D eigenvalue weighted by atomic mass is 9.51. The minimum atomic E-state index is -0.252. The van der Waals surface area contributed by atoms with Crippen LogP contribution in [0.1, 0.15) is 0 Å². The van der Waals surface area contributed by atoms with Crippen LogP contribution in [0.5, 0.6) is 17.2 Å². The van der Waals surface area contributed by atoms with Gasteiger partial charge >= 0.3 is 6.92 Å². The quantitative estimate of drug-likeness (QED) is 0.222. The number of hydrogen-bond acceptors (Lipinski definition) is 2. The van der Waals surface area contributed by atoms with Gasteiger partial charge in [0.05, 0.1) is 11.0 Å². The smallest absolute Gasteiger partial charge is 0.434 e. The summed E-state index contributed by atoms with van der Waals surface area (Å²) in [5.41, 5.74) is 10.2. The molecule has 1 aromatic heterocycles. The zero-order valence-corrected chi connectivity index (χ0v) is 21.5. The maximum atomic E-state index is 6.82. The summed E-state index contributed by atoms with van der Waals surface area (Å²) in [6.45, 7) is -0.252. The van der Waals surface area contributed by atoms with Gasteiger partial charge in [0.15, 0.2) is 0 Å². The number of hydrogen-bond donors (Lipinski definition) is 0. The number of nitrogens with zero attached hydrogens (tertiary/aromatic N) is 1. The summed E-state index contributed by atoms with van der Waals surface area (Å²) in [4.78, 5) is 0. The average Bonchev–Trinajstić information content (AvgIpc) is 3.36. The van der Waals surface area contributed by atoms with E-state index in [9.17, 15) is 0 Å². The van der Waals surface area contributed by atoms with Crippen LogP contribution in [-0.4, -0.2) is 11.5 Å². The minimum Gasteiger partial charge on any atom is -0.551 e. The molecule has 3 nitrogen and oxygen atoms in total. The van der Waals surface area contributed by atoms with E-state index in [1.54, 1.807) is 0 Å². The summed E-state index contributed by atoms with van der Waals surface area (Å²) >= 11 is 0. The molecule has 0 aliphatic carbocycles. The van der Waals surface area contributed by atoms with Gasteiger partial charge in [-0.2, -0.15) is 0 Å². The standard InChI is InChI=1S/C36H22BNO2/c1-2-9-23(10-3-1)24-17-19-33-29(21-24)28-13-8-16-35-36(28)37(40-33)30-22-25(18-20-34(30)39-35)38-31-14-6-4-11-26(31)27-12-5-7-15-32(27)38/h1-22H. The van der Waals surface area contributed by atoms with E-state index < -0.39 is 0 Å². The van der Waals surface area contributed by atoms with Gasteiger partial charge in [-0.05, 0) is 65.2 Å². The maximum absolute atomic E-state index is 6.82. The molecule has 0 saturated heterocycles. The molecule has 7 aromatic rings. The topological polar surface area (TPSA) is 23.4 Å². The number of para-hydroxylation sites is 2. The van der Waals surface area contributed by atoms with Gasteiger partial charge in [0, 0.05) is 32.9 Å². The van der Waals surface area contributed by atoms with Crippen LogP contribution in [0.2, 0.25) is 0 Å². The third-order valence-corrected chi connectivity index (χ3v) is 8.28. The molecule has 3 heterocycles. The molecule has 6 aromatic carbocycles. The summed E-state index contributed by atoms with van der Waals surface area (Å²) in [7, 11) is 0. The van der Waals surface area contributed by atoms with Gasteiger partial charge in [-0.25, -0.2) is 0 Å². The van der Waals surface area contributed by atoms with E-state index in [1.807, 2.05) is 12.1 Å². The maximum Gasteiger partial charge on any atom is 0.434 e. The van der Waals surface area contributed by atoms with E-state index >= 15 is 0 Å². The first-order chi connectivity index (χ1) is 19.8. The normalized spacial score (nSPS) is 12.8. The van der Waals surface area contributed by atoms with Crippen molar-refractivity contribution in [3.05, 3.63) is 133 Å². The van der Waals surface area contributed by atoms with Crippen LogP contribution in [0.15, 0.2) is 133 Å². The Morgan fingerprint density at radius 3 is 2.02 bits per heavy atom. The molecule has 0 atom stereocenters. The Morgan fingerprint density at radius 1 is 0.500 bits per heavy atom. The SMILES string of the molecule is c1ccc(-c2ccc3c(c2)-c2cccc4c2B(O3)c2cc(-n3c5ccccc5c5ccccc53)ccc2O4)cc1. The van der Waals surface area contributed by atoms with E-state index in [-0.39, 0.29) is 6.92 Å². The lowest BCUT2D eigenvalue weighted by Gasteiger charge is -2.33. The fraction of sp³-hybridized carbons (Fsp3) is 0. The highest BCUT2D eigenvalue weighted by molar-refractivity contribution is 6.84. The molecule has 0 fully saturated rings. The van der Waals surface area contributed by atoms with Gasteiger partial charge < -0.3 is 14.0 Å². The average molecular weight is 511 g/mol. The molecule has 40 heavy (non-hydrogen) atoms. The summed E-state index contributed by atoms with van der Waals surface area (Å²) in [5.74, 6) is 2.59. The number of aromatic nitrogens is 1. The van der Waals surface area contributed by atoms with E-state index in [0.717, 1.165) is 45.0 Å². The van der Waals surface area contributed by atoms with Crippen LogP contribution in [0, 0.1) is 0 Å². The van der Waals surface area contributed by atoms with Crippen LogP contribution < -0.4 is 20.3 Å². The van der Waals surface area contributed by atoms with Crippen molar-refractivity contribution >= 4 is 39.6 Å². The van der Waals surface area contributed by atoms with Gasteiger partial charge in [-0.1, -0.05) is 84.9 Å². The van der Waals surface area contributed by atoms with Crippen LogP contribution in [0.4, 0.5) is 0 Å². The molecule has 4 heteroatoms. The Kier molecular flexibility index (Phi) is 4.41. The fourth-order valence-electron chi connectivity index (χ4n) is 6.49. The monoisotopic (exact) mass is 511 g/mol. The van der Waals surface area contributed by atoms with Gasteiger partial charge in [0.25, 0.3) is 0 Å². The predicted molar refractivity (Wildman–Crippen MR) is 164 cm³/mol. The van der Waals surface area contributed by atoms with E-state index in [2.05, 4.69) is 126 Å². The fourth-order valence-corrected chi connectivity index (χ4v) is 6.49. The predicted octanol–water partition coefficient (Wildman–Crippen LogP) is 7.72. The molecule has 0 bridgehead atoms. The molecule has 9 rings (SSSR count). The zero-order chi connectivity index (χ0) is 26.2. The molecule has 2 aliphatic heterocycles. The first-order valence-corrected chi connectivity index (χ1v) is 13.6. The van der Waals surface area contributed by atoms with Crippen molar-refractivity contribution in [2.75, 3.05) is 0 Å². The minimum absolute atomic E-state index is 0.252. The van der Waals surface area contributed by atoms with Gasteiger partial charge in [0.1, 0.15) is 17.2 Å². The summed E-state index contributed by atoms with van der Waals surface area (Å²) in [6, 6.07) is 47.0. The summed E-state index contributed by atoms with van der Waals surface area (Å²) in [6.07, 6.45) is 0. The lowest BCUT2D eigenvalue weighted by Crippen LogP contribution is -2.53. The Morgan fingerprint density at radius 2 is 1.23 bits per heavy atom. The highest BCUT2D eigenvalue weighted by atomic mass is 16.5. The third kappa shape index (κ3) is 3.02. The Labute approximate surface area is 232 Å². The molecule has 0 spiro atoms. The second kappa shape index (κ2) is 8.14. The first kappa shape index (κ1) is 21.7. The first-order valence-electron chi connectivity index (χ1n) is 13.6. The van der Waals surface area contributed by atoms with E-state index in [1.165, 1.54) is 32.9 Å². The van der Waals surface area contributed by atoms with Crippen LogP contribution in [0.25, 0.3) is 49.7 Å². The summed E-state index contributed by atoms with van der Waals surface area (Å²) in [5, 5.41) is 2.49. The third-order valence-electron chi connectivity index (χ3n) is 8.28. The van der Waals surface area contributed by atoms with E-state index in [4.69, 9.17) is 9.39 Å². The molecular formula is C36H22BNO2. The van der Waals surface area contributed by atoms with Crippen molar-refractivity contribution in [3.63, 3.8) is 0 Å². The Bertz CT molecular complexity index is 2080. The lowest BCUT2D eigenvalue weighted by molar-refractivity contribution is 0.479. The van der Waals surface area contributed by atoms with Crippen molar-refractivity contribution in [1.29, 1.82) is 0 Å². The van der Waals surface area contributed by atoms with Crippen LogP contribution in [-0.2, 0) is 0 Å². The van der Waals surface area contributed by atoms with Crippen LogP contribution in [0.3, 0.4) is 0 Å². The van der Waals surface area contributed by atoms with Crippen molar-refractivity contribution in [1.82, 2.24) is 4.57 Å². The van der Waals surface area contributed by atoms with Gasteiger partial charge in [-0.3, -0.25) is 0 Å². The van der Waals surface area contributed by atoms with E-state index in [0.29, 0.717) is 0 Å². The molecule has 0 amide bonds. The largest absolute Gasteiger partial charge is 0.551 e. The Balaban J connectivity index is 1.23. The number of rotatable bonds is 2. The Hall–Kier alpha value is -5.22. The molecule has 0 N–H and O–H groups in total. The van der Waals surface area contributed by atoms with Gasteiger partial charge in [-0.15, -0.1) is 0 Å².